The topological polar surface area (TPSA) is 52.3 Å². The van der Waals surface area contributed by atoms with Gasteiger partial charge < -0.3 is 9.15 Å². The van der Waals surface area contributed by atoms with Gasteiger partial charge in [-0.25, -0.2) is 4.98 Å². The molecule has 0 N–H and O–H groups in total. The van der Waals surface area contributed by atoms with Crippen molar-refractivity contribution in [3.05, 3.63) is 89.6 Å². The summed E-state index contributed by atoms with van der Waals surface area (Å²) < 4.78 is 11.3. The molecular formula is C24H17NO3S. The summed E-state index contributed by atoms with van der Waals surface area (Å²) in [7, 11) is 0. The van der Waals surface area contributed by atoms with E-state index in [9.17, 15) is 4.79 Å². The molecule has 0 spiro atoms. The van der Waals surface area contributed by atoms with Gasteiger partial charge >= 0.3 is 5.97 Å². The summed E-state index contributed by atoms with van der Waals surface area (Å²) in [5.41, 5.74) is 2.58. The minimum absolute atomic E-state index is 0.0959. The van der Waals surface area contributed by atoms with E-state index in [4.69, 9.17) is 9.15 Å². The molecule has 2 aromatic heterocycles. The second-order valence-corrected chi connectivity index (χ2v) is 7.62. The number of hydrogen-bond donors (Lipinski definition) is 0. The molecule has 0 atom stereocenters. The van der Waals surface area contributed by atoms with Crippen molar-refractivity contribution in [2.75, 3.05) is 0 Å². The van der Waals surface area contributed by atoms with Crippen LogP contribution in [0.3, 0.4) is 0 Å². The Morgan fingerprint density at radius 2 is 1.79 bits per heavy atom. The first-order valence-corrected chi connectivity index (χ1v) is 10.2. The van der Waals surface area contributed by atoms with E-state index in [1.807, 2.05) is 66.0 Å². The third-order valence-corrected chi connectivity index (χ3v) is 5.69. The van der Waals surface area contributed by atoms with Crippen LogP contribution < -0.4 is 0 Å². The summed E-state index contributed by atoms with van der Waals surface area (Å²) in [6.07, 6.45) is 0.0959. The molecule has 5 rings (SSSR count). The molecule has 5 heteroatoms. The molecule has 142 valence electrons. The molecule has 0 unspecified atom stereocenters. The summed E-state index contributed by atoms with van der Waals surface area (Å²) in [5, 5.41) is 6.11. The van der Waals surface area contributed by atoms with Crippen molar-refractivity contribution in [3.63, 3.8) is 0 Å². The lowest BCUT2D eigenvalue weighted by atomic mass is 10.1. The third kappa shape index (κ3) is 3.65. The number of hydrogen-bond acceptors (Lipinski definition) is 5. The maximum atomic E-state index is 12.3. The van der Waals surface area contributed by atoms with Gasteiger partial charge in [0.1, 0.15) is 29.4 Å². The smallest absolute Gasteiger partial charge is 0.313 e. The Balaban J connectivity index is 1.26. The fourth-order valence-electron chi connectivity index (χ4n) is 3.37. The van der Waals surface area contributed by atoms with Crippen LogP contribution in [0.15, 0.2) is 82.6 Å². The zero-order valence-corrected chi connectivity index (χ0v) is 16.3. The lowest BCUT2D eigenvalue weighted by Crippen LogP contribution is -2.07. The van der Waals surface area contributed by atoms with Gasteiger partial charge in [0.2, 0.25) is 0 Å². The van der Waals surface area contributed by atoms with E-state index in [2.05, 4.69) is 17.1 Å². The molecule has 29 heavy (non-hydrogen) atoms. The van der Waals surface area contributed by atoms with Crippen molar-refractivity contribution < 1.29 is 13.9 Å². The van der Waals surface area contributed by atoms with Crippen molar-refractivity contribution in [2.24, 2.45) is 0 Å². The average Bonchev–Trinajstić information content (AvgIpc) is 3.40. The second-order valence-electron chi connectivity index (χ2n) is 6.76. The molecule has 0 saturated carbocycles. The molecule has 4 nitrogen and oxygen atoms in total. The number of thiazole rings is 1. The van der Waals surface area contributed by atoms with Crippen LogP contribution in [-0.4, -0.2) is 11.0 Å². The first-order chi connectivity index (χ1) is 14.3. The summed E-state index contributed by atoms with van der Waals surface area (Å²) in [4.78, 5) is 16.8. The van der Waals surface area contributed by atoms with Gasteiger partial charge in [-0.15, -0.1) is 11.3 Å². The van der Waals surface area contributed by atoms with Gasteiger partial charge in [-0.1, -0.05) is 60.7 Å². The quantitative estimate of drug-likeness (QED) is 0.340. The molecule has 0 aliphatic heterocycles. The lowest BCUT2D eigenvalue weighted by molar-refractivity contribution is -0.144. The van der Waals surface area contributed by atoms with E-state index in [0.717, 1.165) is 38.0 Å². The highest BCUT2D eigenvalue weighted by Crippen LogP contribution is 2.28. The third-order valence-electron chi connectivity index (χ3n) is 4.75. The van der Waals surface area contributed by atoms with Crippen molar-refractivity contribution >= 4 is 39.0 Å². The van der Waals surface area contributed by atoms with Crippen LogP contribution in [0.25, 0.3) is 32.3 Å². The highest BCUT2D eigenvalue weighted by atomic mass is 32.1. The molecule has 0 bridgehead atoms. The molecular weight excluding hydrogens is 382 g/mol. The number of esters is 1. The number of carbonyl (C=O) groups is 1. The maximum Gasteiger partial charge on any atom is 0.313 e. The number of fused-ring (bicyclic) bond motifs is 3. The normalized spacial score (nSPS) is 11.2. The Kier molecular flexibility index (Phi) is 4.58. The van der Waals surface area contributed by atoms with Crippen molar-refractivity contribution in [1.29, 1.82) is 0 Å². The molecule has 0 amide bonds. The van der Waals surface area contributed by atoms with E-state index < -0.39 is 0 Å². The Hall–Kier alpha value is -3.44. The monoisotopic (exact) mass is 399 g/mol. The first kappa shape index (κ1) is 17.6. The van der Waals surface area contributed by atoms with E-state index in [0.29, 0.717) is 5.76 Å². The minimum atomic E-state index is -0.331. The van der Waals surface area contributed by atoms with Crippen LogP contribution in [0, 0.1) is 0 Å². The van der Waals surface area contributed by atoms with Gasteiger partial charge in [0, 0.05) is 16.3 Å². The Morgan fingerprint density at radius 3 is 2.69 bits per heavy atom. The number of rotatable bonds is 5. The summed E-state index contributed by atoms with van der Waals surface area (Å²) in [6, 6.07) is 24.0. The van der Waals surface area contributed by atoms with Crippen LogP contribution in [0.2, 0.25) is 0 Å². The first-order valence-electron chi connectivity index (χ1n) is 9.32. The predicted octanol–water partition coefficient (Wildman–Crippen LogP) is 6.00. The van der Waals surface area contributed by atoms with E-state index >= 15 is 0 Å². The summed E-state index contributed by atoms with van der Waals surface area (Å²) in [6.45, 7) is 0.158. The zero-order chi connectivity index (χ0) is 19.6. The Morgan fingerprint density at radius 1 is 0.966 bits per heavy atom. The molecule has 2 heterocycles. The van der Waals surface area contributed by atoms with Crippen molar-refractivity contribution in [2.45, 2.75) is 13.0 Å². The molecule has 0 radical (unpaired) electrons. The SMILES string of the molecule is O=C(Cc1cc2c(ccc3ccccc32)o1)OCc1csc(-c2ccccc2)n1. The van der Waals surface area contributed by atoms with Crippen LogP contribution in [0.4, 0.5) is 0 Å². The predicted molar refractivity (Wildman–Crippen MR) is 115 cm³/mol. The largest absolute Gasteiger partial charge is 0.460 e. The number of furan rings is 1. The van der Waals surface area contributed by atoms with Crippen molar-refractivity contribution in [1.82, 2.24) is 4.98 Å². The van der Waals surface area contributed by atoms with E-state index in [-0.39, 0.29) is 19.0 Å². The molecule has 5 aromatic rings. The van der Waals surface area contributed by atoms with Gasteiger partial charge in [0.05, 0.1) is 5.69 Å². The van der Waals surface area contributed by atoms with Gasteiger partial charge in [0.15, 0.2) is 0 Å². The Bertz CT molecular complexity index is 1300. The summed E-state index contributed by atoms with van der Waals surface area (Å²) >= 11 is 1.54. The number of ether oxygens (including phenoxy) is 1. The standard InChI is InChI=1S/C24H17NO3S/c26-23(27-14-18-15-29-24(25-18)17-7-2-1-3-8-17)13-19-12-21-20-9-5-4-6-16(20)10-11-22(21)28-19/h1-12,15H,13-14H2. The average molecular weight is 399 g/mol. The van der Waals surface area contributed by atoms with Gasteiger partial charge in [0.25, 0.3) is 0 Å². The molecule has 0 aliphatic rings. The van der Waals surface area contributed by atoms with Gasteiger partial charge in [-0.2, -0.15) is 0 Å². The number of benzene rings is 3. The fourth-order valence-corrected chi connectivity index (χ4v) is 4.18. The number of nitrogens with zero attached hydrogens (tertiary/aromatic N) is 1. The molecule has 0 fully saturated rings. The van der Waals surface area contributed by atoms with Gasteiger partial charge in [-0.05, 0) is 22.9 Å². The van der Waals surface area contributed by atoms with Crippen LogP contribution in [0.1, 0.15) is 11.5 Å². The van der Waals surface area contributed by atoms with Crippen LogP contribution in [-0.2, 0) is 22.6 Å². The Labute approximate surface area is 171 Å². The zero-order valence-electron chi connectivity index (χ0n) is 15.5. The minimum Gasteiger partial charge on any atom is -0.460 e. The van der Waals surface area contributed by atoms with Crippen LogP contribution >= 0.6 is 11.3 Å². The van der Waals surface area contributed by atoms with Crippen LogP contribution in [0.5, 0.6) is 0 Å². The second kappa shape index (κ2) is 7.53. The van der Waals surface area contributed by atoms with Crippen molar-refractivity contribution in [3.8, 4) is 10.6 Å². The fraction of sp³-hybridized carbons (Fsp3) is 0.0833. The van der Waals surface area contributed by atoms with E-state index in [1.54, 1.807) is 11.3 Å². The lowest BCUT2D eigenvalue weighted by Gasteiger charge is -2.01. The van der Waals surface area contributed by atoms with Gasteiger partial charge in [-0.3, -0.25) is 4.79 Å². The number of aromatic nitrogens is 1. The molecule has 0 aliphatic carbocycles. The molecule has 0 saturated heterocycles. The highest BCUT2D eigenvalue weighted by Gasteiger charge is 2.13. The molecule has 3 aromatic carbocycles. The highest BCUT2D eigenvalue weighted by molar-refractivity contribution is 7.13. The summed E-state index contributed by atoms with van der Waals surface area (Å²) in [5.74, 6) is 0.271. The van der Waals surface area contributed by atoms with E-state index in [1.165, 1.54) is 0 Å². The number of carbonyl (C=O) groups excluding carboxylic acids is 1. The maximum absolute atomic E-state index is 12.3.